The molecule has 0 aliphatic heterocycles. The Bertz CT molecular complexity index is 684. The zero-order valence-corrected chi connectivity index (χ0v) is 13.9. The molecular weight excluding hydrogens is 286 g/mol. The number of aryl methyl sites for hydroxylation is 2. The molecule has 0 aromatic heterocycles. The van der Waals surface area contributed by atoms with E-state index >= 15 is 0 Å². The molecule has 1 N–H and O–H groups in total. The fourth-order valence-corrected chi connectivity index (χ4v) is 2.36. The Labute approximate surface area is 138 Å². The van der Waals surface area contributed by atoms with Gasteiger partial charge < -0.3 is 10.1 Å². The fourth-order valence-electron chi connectivity index (χ4n) is 2.36. The molecule has 0 fully saturated rings. The molecule has 2 aromatic rings. The van der Waals surface area contributed by atoms with Crippen LogP contribution in [-0.4, -0.2) is 12.5 Å². The molecule has 0 spiro atoms. The smallest absolute Gasteiger partial charge is 0.248 e. The Morgan fingerprint density at radius 1 is 1.13 bits per heavy atom. The lowest BCUT2D eigenvalue weighted by Crippen LogP contribution is -2.08. The highest BCUT2D eigenvalue weighted by atomic mass is 16.5. The normalized spacial score (nSPS) is 10.7. The second-order valence-corrected chi connectivity index (χ2v) is 5.59. The first-order valence-electron chi connectivity index (χ1n) is 7.87. The number of nitrogens with one attached hydrogen (secondary N) is 1. The second kappa shape index (κ2) is 8.18. The minimum absolute atomic E-state index is 0.153. The average Bonchev–Trinajstić information content (AvgIpc) is 2.50. The van der Waals surface area contributed by atoms with Crippen LogP contribution in [0.2, 0.25) is 0 Å². The predicted octanol–water partition coefficient (Wildman–Crippen LogP) is 4.74. The predicted molar refractivity (Wildman–Crippen MR) is 95.8 cm³/mol. The summed E-state index contributed by atoms with van der Waals surface area (Å²) in [6.45, 7) is 6.76. The Kier molecular flexibility index (Phi) is 5.98. The van der Waals surface area contributed by atoms with Crippen LogP contribution in [0.15, 0.2) is 48.5 Å². The summed E-state index contributed by atoms with van der Waals surface area (Å²) in [4.78, 5) is 12.1. The first-order valence-corrected chi connectivity index (χ1v) is 7.87. The molecule has 3 heteroatoms. The molecule has 23 heavy (non-hydrogen) atoms. The lowest BCUT2D eigenvalue weighted by Gasteiger charge is -2.08. The number of carbonyl (C=O) groups excluding carboxylic acids is 1. The van der Waals surface area contributed by atoms with Crippen molar-refractivity contribution >= 4 is 17.7 Å². The zero-order valence-electron chi connectivity index (χ0n) is 13.9. The van der Waals surface area contributed by atoms with Crippen molar-refractivity contribution in [2.24, 2.45) is 0 Å². The number of hydrogen-bond acceptors (Lipinski definition) is 2. The number of rotatable bonds is 6. The third-order valence-corrected chi connectivity index (χ3v) is 3.28. The van der Waals surface area contributed by atoms with Gasteiger partial charge >= 0.3 is 0 Å². The summed E-state index contributed by atoms with van der Waals surface area (Å²) < 4.78 is 5.69. The van der Waals surface area contributed by atoms with Gasteiger partial charge in [-0.1, -0.05) is 31.2 Å². The van der Waals surface area contributed by atoms with E-state index in [2.05, 4.69) is 18.3 Å². The van der Waals surface area contributed by atoms with Crippen molar-refractivity contribution in [3.05, 3.63) is 65.2 Å². The number of benzene rings is 2. The Hall–Kier alpha value is -2.55. The van der Waals surface area contributed by atoms with Crippen molar-refractivity contribution in [2.45, 2.75) is 27.2 Å². The minimum atomic E-state index is -0.153. The Balaban J connectivity index is 2.06. The third kappa shape index (κ3) is 5.29. The summed E-state index contributed by atoms with van der Waals surface area (Å²) in [5, 5.41) is 2.89. The number of hydrogen-bond donors (Lipinski definition) is 1. The molecule has 0 aliphatic rings. The maximum absolute atomic E-state index is 12.1. The molecule has 120 valence electrons. The van der Waals surface area contributed by atoms with Gasteiger partial charge in [-0.3, -0.25) is 4.79 Å². The molecule has 0 bridgehead atoms. The highest BCUT2D eigenvalue weighted by Gasteiger charge is 2.02. The van der Waals surface area contributed by atoms with Gasteiger partial charge in [0, 0.05) is 17.3 Å². The standard InChI is InChI=1S/C20H23NO2/c1-4-11-23-19-8-6-5-7-17(19)9-10-20(22)21-18-13-15(2)12-16(3)14-18/h5-10,12-14H,4,11H2,1-3H3,(H,21,22). The van der Waals surface area contributed by atoms with Gasteiger partial charge in [-0.25, -0.2) is 0 Å². The second-order valence-electron chi connectivity index (χ2n) is 5.59. The van der Waals surface area contributed by atoms with E-state index < -0.39 is 0 Å². The van der Waals surface area contributed by atoms with Crippen molar-refractivity contribution in [3.8, 4) is 5.75 Å². The third-order valence-electron chi connectivity index (χ3n) is 3.28. The molecule has 0 heterocycles. The van der Waals surface area contributed by atoms with Crippen molar-refractivity contribution < 1.29 is 9.53 Å². The van der Waals surface area contributed by atoms with Gasteiger partial charge in [-0.15, -0.1) is 0 Å². The van der Waals surface area contributed by atoms with Crippen LogP contribution in [-0.2, 0) is 4.79 Å². The zero-order chi connectivity index (χ0) is 16.7. The van der Waals surface area contributed by atoms with E-state index in [1.165, 1.54) is 6.08 Å². The van der Waals surface area contributed by atoms with Gasteiger partial charge in [-0.05, 0) is 55.7 Å². The number of carbonyl (C=O) groups is 1. The van der Waals surface area contributed by atoms with E-state index in [4.69, 9.17) is 4.74 Å². The number of anilines is 1. The van der Waals surface area contributed by atoms with E-state index in [1.54, 1.807) is 6.08 Å². The molecule has 3 nitrogen and oxygen atoms in total. The summed E-state index contributed by atoms with van der Waals surface area (Å²) in [5.74, 6) is 0.644. The van der Waals surface area contributed by atoms with Crippen molar-refractivity contribution in [1.29, 1.82) is 0 Å². The molecule has 0 aliphatic carbocycles. The molecule has 0 saturated heterocycles. The number of para-hydroxylation sites is 1. The lowest BCUT2D eigenvalue weighted by molar-refractivity contribution is -0.111. The fraction of sp³-hybridized carbons (Fsp3) is 0.250. The van der Waals surface area contributed by atoms with Gasteiger partial charge in [0.15, 0.2) is 0 Å². The maximum atomic E-state index is 12.1. The van der Waals surface area contributed by atoms with Crippen molar-refractivity contribution in [3.63, 3.8) is 0 Å². The van der Waals surface area contributed by atoms with Crippen LogP contribution >= 0.6 is 0 Å². The maximum Gasteiger partial charge on any atom is 0.248 e. The molecular formula is C20H23NO2. The van der Waals surface area contributed by atoms with E-state index in [1.807, 2.05) is 50.2 Å². The molecule has 2 rings (SSSR count). The summed E-state index contributed by atoms with van der Waals surface area (Å²) >= 11 is 0. The van der Waals surface area contributed by atoms with Gasteiger partial charge in [0.1, 0.15) is 5.75 Å². The van der Waals surface area contributed by atoms with Gasteiger partial charge in [0.25, 0.3) is 0 Å². The molecule has 0 radical (unpaired) electrons. The first kappa shape index (κ1) is 16.8. The summed E-state index contributed by atoms with van der Waals surface area (Å²) in [6, 6.07) is 13.7. The van der Waals surface area contributed by atoms with Crippen LogP contribution in [0.1, 0.15) is 30.0 Å². The highest BCUT2D eigenvalue weighted by molar-refractivity contribution is 6.02. The number of ether oxygens (including phenoxy) is 1. The quantitative estimate of drug-likeness (QED) is 0.782. The van der Waals surface area contributed by atoms with Crippen LogP contribution in [0.4, 0.5) is 5.69 Å². The highest BCUT2D eigenvalue weighted by Crippen LogP contribution is 2.20. The van der Waals surface area contributed by atoms with E-state index in [0.29, 0.717) is 6.61 Å². The topological polar surface area (TPSA) is 38.3 Å². The van der Waals surface area contributed by atoms with E-state index in [-0.39, 0.29) is 5.91 Å². The average molecular weight is 309 g/mol. The number of amides is 1. The molecule has 1 amide bonds. The Morgan fingerprint density at radius 3 is 2.52 bits per heavy atom. The molecule has 0 saturated carbocycles. The molecule has 2 aromatic carbocycles. The van der Waals surface area contributed by atoms with Crippen LogP contribution in [0.25, 0.3) is 6.08 Å². The summed E-state index contributed by atoms with van der Waals surface area (Å²) in [7, 11) is 0. The van der Waals surface area contributed by atoms with Crippen LogP contribution in [0.3, 0.4) is 0 Å². The summed E-state index contributed by atoms with van der Waals surface area (Å²) in [5.41, 5.74) is 3.97. The van der Waals surface area contributed by atoms with Crippen LogP contribution in [0, 0.1) is 13.8 Å². The van der Waals surface area contributed by atoms with Crippen LogP contribution in [0.5, 0.6) is 5.75 Å². The van der Waals surface area contributed by atoms with Gasteiger partial charge in [0.2, 0.25) is 5.91 Å². The van der Waals surface area contributed by atoms with Gasteiger partial charge in [0.05, 0.1) is 6.61 Å². The Morgan fingerprint density at radius 2 is 1.83 bits per heavy atom. The lowest BCUT2D eigenvalue weighted by atomic mass is 10.1. The first-order chi connectivity index (χ1) is 11.1. The van der Waals surface area contributed by atoms with Gasteiger partial charge in [-0.2, -0.15) is 0 Å². The largest absolute Gasteiger partial charge is 0.493 e. The minimum Gasteiger partial charge on any atom is -0.493 e. The van der Waals surface area contributed by atoms with E-state index in [9.17, 15) is 4.79 Å². The monoisotopic (exact) mass is 309 g/mol. The molecule has 0 unspecified atom stereocenters. The SMILES string of the molecule is CCCOc1ccccc1C=CC(=O)Nc1cc(C)cc(C)c1. The van der Waals surface area contributed by atoms with Crippen molar-refractivity contribution in [1.82, 2.24) is 0 Å². The summed E-state index contributed by atoms with van der Waals surface area (Å²) in [6.07, 6.45) is 4.26. The van der Waals surface area contributed by atoms with E-state index in [0.717, 1.165) is 34.5 Å². The van der Waals surface area contributed by atoms with Crippen LogP contribution < -0.4 is 10.1 Å². The molecule has 0 atom stereocenters. The van der Waals surface area contributed by atoms with Crippen molar-refractivity contribution in [2.75, 3.05) is 11.9 Å².